The van der Waals surface area contributed by atoms with Crippen molar-refractivity contribution in [2.75, 3.05) is 17.2 Å². The van der Waals surface area contributed by atoms with Crippen molar-refractivity contribution < 1.29 is 60.1 Å². The maximum atomic E-state index is 14.4. The van der Waals surface area contributed by atoms with E-state index in [-0.39, 0.29) is 18.3 Å². The molecule has 0 fully saturated rings. The standard InChI is InChI=1S/C26H22FN3O2.2C2HF3O2/c27-23-9-7-18(26(31)30-21-8-10-24-17(12-21)5-3-11-29-24)13-25(23)32-16-20-15-28-14-19-4-1-2-6-22(19)20;2*3-2(4,5)1(6)7/h1-2,4,6-10,12-15,29H,3,5,11,16H2,(H,30,31);2*(H,6,7). The highest BCUT2D eigenvalue weighted by molar-refractivity contribution is 6.04. The lowest BCUT2D eigenvalue weighted by atomic mass is 10.0. The largest absolute Gasteiger partial charge is 0.490 e. The number of aryl methyl sites for hydroxylation is 1. The second-order valence-corrected chi connectivity index (χ2v) is 9.42. The number of benzene rings is 3. The minimum atomic E-state index is -5.08. The van der Waals surface area contributed by atoms with Gasteiger partial charge in [-0.15, -0.1) is 0 Å². The van der Waals surface area contributed by atoms with Gasteiger partial charge in [0.05, 0.1) is 0 Å². The number of hydrogen-bond acceptors (Lipinski definition) is 6. The van der Waals surface area contributed by atoms with Crippen LogP contribution in [0, 0.1) is 5.82 Å². The number of aliphatic carboxylic acids is 2. The zero-order chi connectivity index (χ0) is 34.1. The van der Waals surface area contributed by atoms with E-state index in [4.69, 9.17) is 24.5 Å². The Morgan fingerprint density at radius 1 is 0.891 bits per heavy atom. The molecule has 0 bridgehead atoms. The maximum absolute atomic E-state index is 14.4. The molecule has 244 valence electrons. The SMILES string of the molecule is O=C(Nc1ccc2c(c1)CCCN2)c1ccc(F)c(OCc2cncc3ccccc23)c1.O=C(O)C(F)(F)F.O=C(O)C(F)(F)F. The maximum Gasteiger partial charge on any atom is 0.490 e. The Balaban J connectivity index is 0.000000345. The number of rotatable bonds is 5. The number of hydrogen-bond donors (Lipinski definition) is 4. The molecule has 2 heterocycles. The molecule has 0 atom stereocenters. The van der Waals surface area contributed by atoms with Gasteiger partial charge in [-0.3, -0.25) is 9.78 Å². The summed E-state index contributed by atoms with van der Waals surface area (Å²) in [6.07, 6.45) is -4.64. The van der Waals surface area contributed by atoms with Crippen molar-refractivity contribution in [1.82, 2.24) is 4.98 Å². The smallest absolute Gasteiger partial charge is 0.486 e. The van der Waals surface area contributed by atoms with Gasteiger partial charge in [-0.2, -0.15) is 26.3 Å². The minimum absolute atomic E-state index is 0.0280. The van der Waals surface area contributed by atoms with Crippen LogP contribution in [0.1, 0.15) is 27.9 Å². The molecule has 46 heavy (non-hydrogen) atoms. The van der Waals surface area contributed by atoms with E-state index in [0.717, 1.165) is 41.4 Å². The number of amides is 1. The molecule has 9 nitrogen and oxygen atoms in total. The summed E-state index contributed by atoms with van der Waals surface area (Å²) in [6.45, 7) is 1.11. The molecular weight excluding hydrogens is 631 g/mol. The molecule has 0 unspecified atom stereocenters. The Bertz CT molecular complexity index is 1680. The van der Waals surface area contributed by atoms with Crippen molar-refractivity contribution in [2.24, 2.45) is 0 Å². The Kier molecular flexibility index (Phi) is 11.5. The van der Waals surface area contributed by atoms with E-state index in [1.54, 1.807) is 12.4 Å². The second kappa shape index (κ2) is 15.0. The van der Waals surface area contributed by atoms with E-state index in [1.807, 2.05) is 42.5 Å². The van der Waals surface area contributed by atoms with E-state index in [2.05, 4.69) is 15.6 Å². The highest BCUT2D eigenvalue weighted by Crippen LogP contribution is 2.27. The normalized spacial score (nSPS) is 12.2. The summed E-state index contributed by atoms with van der Waals surface area (Å²) >= 11 is 0. The number of anilines is 2. The van der Waals surface area contributed by atoms with Crippen LogP contribution >= 0.6 is 0 Å². The molecule has 1 aromatic heterocycles. The monoisotopic (exact) mass is 655 g/mol. The molecule has 0 aliphatic carbocycles. The van der Waals surface area contributed by atoms with Crippen LogP contribution in [0.3, 0.4) is 0 Å². The van der Waals surface area contributed by atoms with E-state index in [1.165, 1.54) is 23.8 Å². The van der Waals surface area contributed by atoms with E-state index < -0.39 is 30.1 Å². The average Bonchev–Trinajstić information content (AvgIpc) is 3.00. The molecule has 0 saturated heterocycles. The topological polar surface area (TPSA) is 138 Å². The Morgan fingerprint density at radius 2 is 1.54 bits per heavy atom. The van der Waals surface area contributed by atoms with Gasteiger partial charge < -0.3 is 25.6 Å². The fourth-order valence-electron chi connectivity index (χ4n) is 3.96. The van der Waals surface area contributed by atoms with Gasteiger partial charge in [0.25, 0.3) is 5.91 Å². The van der Waals surface area contributed by atoms with Crippen molar-refractivity contribution in [2.45, 2.75) is 31.8 Å². The quantitative estimate of drug-likeness (QED) is 0.172. The molecule has 16 heteroatoms. The van der Waals surface area contributed by atoms with Gasteiger partial charge in [-0.25, -0.2) is 14.0 Å². The third-order valence-corrected chi connectivity index (χ3v) is 6.11. The minimum Gasteiger partial charge on any atom is -0.486 e. The number of carboxylic acid groups (broad SMARTS) is 2. The fraction of sp³-hybridized carbons (Fsp3) is 0.200. The summed E-state index contributed by atoms with van der Waals surface area (Å²) in [5.74, 6) is -6.32. The first kappa shape index (κ1) is 35.1. The molecule has 0 spiro atoms. The van der Waals surface area contributed by atoms with Crippen LogP contribution < -0.4 is 15.4 Å². The number of carbonyl (C=O) groups excluding carboxylic acids is 1. The predicted molar refractivity (Wildman–Crippen MR) is 151 cm³/mol. The number of aromatic nitrogens is 1. The van der Waals surface area contributed by atoms with Crippen LogP contribution in [0.15, 0.2) is 73.1 Å². The number of fused-ring (bicyclic) bond motifs is 2. The number of nitrogens with one attached hydrogen (secondary N) is 2. The molecule has 3 aromatic carbocycles. The van der Waals surface area contributed by atoms with Gasteiger partial charge in [-0.05, 0) is 60.2 Å². The Morgan fingerprint density at radius 3 is 2.20 bits per heavy atom. The van der Waals surface area contributed by atoms with Crippen LogP contribution in [-0.4, -0.2) is 51.9 Å². The molecule has 1 amide bonds. The third kappa shape index (κ3) is 10.1. The van der Waals surface area contributed by atoms with Gasteiger partial charge in [0.2, 0.25) is 0 Å². The number of nitrogens with zero attached hydrogens (tertiary/aromatic N) is 1. The zero-order valence-corrected chi connectivity index (χ0v) is 23.4. The van der Waals surface area contributed by atoms with Gasteiger partial charge in [0, 0.05) is 46.8 Å². The van der Waals surface area contributed by atoms with Gasteiger partial charge >= 0.3 is 24.3 Å². The van der Waals surface area contributed by atoms with Crippen molar-refractivity contribution in [3.63, 3.8) is 0 Å². The average molecular weight is 656 g/mol. The molecule has 4 N–H and O–H groups in total. The summed E-state index contributed by atoms with van der Waals surface area (Å²) in [6, 6.07) is 17.8. The summed E-state index contributed by atoms with van der Waals surface area (Å²) in [5, 5.41) is 22.5. The van der Waals surface area contributed by atoms with E-state index in [9.17, 15) is 35.5 Å². The highest BCUT2D eigenvalue weighted by atomic mass is 19.4. The van der Waals surface area contributed by atoms with E-state index >= 15 is 0 Å². The summed E-state index contributed by atoms with van der Waals surface area (Å²) in [7, 11) is 0. The molecule has 0 radical (unpaired) electrons. The molecule has 1 aliphatic rings. The Labute approximate surface area is 255 Å². The number of carbonyl (C=O) groups is 3. The highest BCUT2D eigenvalue weighted by Gasteiger charge is 2.38. The van der Waals surface area contributed by atoms with Gasteiger partial charge in [0.15, 0.2) is 11.6 Å². The first-order chi connectivity index (χ1) is 21.6. The van der Waals surface area contributed by atoms with Crippen LogP contribution in [-0.2, 0) is 22.6 Å². The van der Waals surface area contributed by atoms with Crippen LogP contribution in [0.4, 0.5) is 42.1 Å². The van der Waals surface area contributed by atoms with Gasteiger partial charge in [0.1, 0.15) is 6.61 Å². The molecule has 0 saturated carbocycles. The summed E-state index contributed by atoms with van der Waals surface area (Å²) in [4.78, 5) is 34.8. The predicted octanol–water partition coefficient (Wildman–Crippen LogP) is 6.83. The van der Waals surface area contributed by atoms with Crippen molar-refractivity contribution in [3.05, 3.63) is 95.6 Å². The first-order valence-electron chi connectivity index (χ1n) is 13.1. The van der Waals surface area contributed by atoms with Gasteiger partial charge in [-0.1, -0.05) is 24.3 Å². The van der Waals surface area contributed by atoms with Crippen molar-refractivity contribution >= 4 is 40.0 Å². The number of alkyl halides is 6. The Hall–Kier alpha value is -5.41. The van der Waals surface area contributed by atoms with Crippen molar-refractivity contribution in [3.8, 4) is 5.75 Å². The molecule has 1 aliphatic heterocycles. The lowest BCUT2D eigenvalue weighted by Gasteiger charge is -2.19. The lowest BCUT2D eigenvalue weighted by Crippen LogP contribution is -2.21. The fourth-order valence-corrected chi connectivity index (χ4v) is 3.96. The lowest BCUT2D eigenvalue weighted by molar-refractivity contribution is -0.193. The number of ether oxygens (including phenoxy) is 1. The second-order valence-electron chi connectivity index (χ2n) is 9.42. The van der Waals surface area contributed by atoms with E-state index in [0.29, 0.717) is 11.3 Å². The third-order valence-electron chi connectivity index (χ3n) is 6.11. The van der Waals surface area contributed by atoms with Crippen molar-refractivity contribution in [1.29, 1.82) is 0 Å². The number of carboxylic acids is 2. The number of halogens is 7. The van der Waals surface area contributed by atoms with Crippen LogP contribution in [0.25, 0.3) is 10.8 Å². The zero-order valence-electron chi connectivity index (χ0n) is 23.4. The summed E-state index contributed by atoms with van der Waals surface area (Å²) < 4.78 is 83.6. The summed E-state index contributed by atoms with van der Waals surface area (Å²) in [5.41, 5.74) is 4.18. The van der Waals surface area contributed by atoms with Crippen LogP contribution in [0.2, 0.25) is 0 Å². The molecule has 4 aromatic rings. The number of pyridine rings is 1. The molecule has 5 rings (SSSR count). The first-order valence-corrected chi connectivity index (χ1v) is 13.1. The van der Waals surface area contributed by atoms with Crippen LogP contribution in [0.5, 0.6) is 5.75 Å². The molecular formula is C30H24F7N3O6.